The fourth-order valence-electron chi connectivity index (χ4n) is 33.8. The van der Waals surface area contributed by atoms with E-state index in [0.717, 1.165) is 24.3 Å². The Morgan fingerprint density at radius 3 is 0.915 bits per heavy atom. The fraction of sp³-hybridized carbons (Fsp3) is 0.203. The summed E-state index contributed by atoms with van der Waals surface area (Å²) in [6.45, 7) is 5.74. The summed E-state index contributed by atoms with van der Waals surface area (Å²) in [7, 11) is 2.68. The molecule has 8 aromatic heterocycles. The van der Waals surface area contributed by atoms with E-state index in [9.17, 15) is 0 Å². The summed E-state index contributed by atoms with van der Waals surface area (Å²) in [4.78, 5) is 20.8. The molecule has 1 aliphatic heterocycles. The van der Waals surface area contributed by atoms with Crippen molar-refractivity contribution in [3.63, 3.8) is 0 Å². The Labute approximate surface area is 783 Å². The van der Waals surface area contributed by atoms with E-state index < -0.39 is 5.41 Å². The minimum absolute atomic E-state index is 0.0988. The first-order chi connectivity index (χ1) is 64.3. The van der Waals surface area contributed by atoms with Crippen molar-refractivity contribution < 1.29 is 0 Å². The highest BCUT2D eigenvalue weighted by molar-refractivity contribution is 8.01. The number of unbranched alkanes of at least 4 members (excludes halogenated alkanes) is 10. The molecule has 41 rings (SSSR count). The summed E-state index contributed by atoms with van der Waals surface area (Å²) in [5.41, 5.74) is 12.1. The van der Waals surface area contributed by atoms with Gasteiger partial charge in [0, 0.05) is 71.3 Å². The molecule has 2 spiro atoms. The van der Waals surface area contributed by atoms with Gasteiger partial charge in [0.2, 0.25) is 0 Å². The molecule has 0 bridgehead atoms. The van der Waals surface area contributed by atoms with Crippen LogP contribution in [0.25, 0.3) is 331 Å². The van der Waals surface area contributed by atoms with Crippen LogP contribution >= 0.6 is 126 Å². The van der Waals surface area contributed by atoms with Gasteiger partial charge in [-0.3, -0.25) is 4.90 Å². The van der Waals surface area contributed by atoms with E-state index in [1.807, 2.05) is 103 Å². The molecule has 1 fully saturated rings. The Kier molecular flexibility index (Phi) is 10.7. The van der Waals surface area contributed by atoms with Gasteiger partial charge in [-0.15, -0.1) is 126 Å². The predicted molar refractivity (Wildman–Crippen MR) is 581 cm³/mol. The Morgan fingerprint density at radius 1 is 0.292 bits per heavy atom. The zero-order valence-corrected chi connectivity index (χ0v) is 80.2. The van der Waals surface area contributed by atoms with Crippen LogP contribution in [0.15, 0.2) is 97.6 Å². The molecular weight excluding hydrogens is 1780 g/mol. The van der Waals surface area contributed by atoms with Crippen molar-refractivity contribution in [1.29, 1.82) is 0 Å². The molecule has 1 nitrogen and oxygen atoms in total. The highest BCUT2D eigenvalue weighted by Gasteiger charge is 2.76. The van der Waals surface area contributed by atoms with E-state index in [4.69, 9.17) is 0 Å². The van der Waals surface area contributed by atoms with Gasteiger partial charge in [0.1, 0.15) is 0 Å². The number of aryl methyl sites for hydroxylation is 2. The minimum atomic E-state index is -0.407. The number of benzene rings is 18. The smallest absolute Gasteiger partial charge is 0.0782 e. The average molecular weight is 1850 g/mol. The average Bonchev–Trinajstić information content (AvgIpc) is 1.38. The zero-order chi connectivity index (χ0) is 82.9. The van der Waals surface area contributed by atoms with Crippen molar-refractivity contribution >= 4 is 428 Å². The van der Waals surface area contributed by atoms with Gasteiger partial charge >= 0.3 is 0 Å². The largest absolute Gasteiger partial charge is 0.296 e. The molecule has 0 N–H and O–H groups in total. The van der Waals surface area contributed by atoms with Gasteiger partial charge < -0.3 is 0 Å². The first-order valence-corrected chi connectivity index (χ1v) is 57.8. The van der Waals surface area contributed by atoms with Crippen LogP contribution in [-0.4, -0.2) is 37.3 Å². The van der Waals surface area contributed by atoms with Gasteiger partial charge in [-0.25, -0.2) is 0 Å². The van der Waals surface area contributed by atoms with Crippen molar-refractivity contribution in [2.45, 2.75) is 133 Å². The second-order valence-electron chi connectivity index (χ2n) is 41.2. The van der Waals surface area contributed by atoms with Gasteiger partial charge in [-0.1, -0.05) is 78.1 Å². The first-order valence-electron chi connectivity index (χ1n) is 47.5. The third-order valence-electron chi connectivity index (χ3n) is 36.8. The van der Waals surface area contributed by atoms with Crippen molar-refractivity contribution in [3.05, 3.63) is 152 Å². The van der Waals surface area contributed by atoms with Crippen LogP contribution in [0.5, 0.6) is 0 Å². The number of likely N-dealkylation sites (tertiary alicyclic amines) is 1. The van der Waals surface area contributed by atoms with E-state index in [-0.39, 0.29) is 11.5 Å². The molecule has 0 radical (unpaired) electrons. The third-order valence-corrected chi connectivity index (χ3v) is 49.4. The lowest BCUT2D eigenvalue weighted by atomic mass is 9.48. The number of nitrogens with zero attached hydrogens (tertiary/aromatic N) is 1. The Balaban J connectivity index is 0.532. The van der Waals surface area contributed by atoms with Crippen molar-refractivity contribution in [1.82, 2.24) is 4.90 Å². The molecule has 1 atom stereocenters. The topological polar surface area (TPSA) is 3.24 Å². The molecule has 1 saturated heterocycles. The number of thioether (sulfide) groups is 3. The van der Waals surface area contributed by atoms with Crippen LogP contribution in [0.3, 0.4) is 0 Å². The van der Waals surface area contributed by atoms with E-state index in [2.05, 4.69) is 164 Å². The Morgan fingerprint density at radius 2 is 0.577 bits per heavy atom. The van der Waals surface area contributed by atoms with E-state index in [1.54, 1.807) is 328 Å². The van der Waals surface area contributed by atoms with Crippen molar-refractivity contribution in [2.75, 3.05) is 32.4 Å². The maximum atomic E-state index is 3.84. The molecule has 28 aromatic carbocycles. The molecule has 606 valence electrons. The van der Waals surface area contributed by atoms with Crippen LogP contribution in [-0.2, 0) is 23.7 Å². The monoisotopic (exact) mass is 1850 g/mol. The number of hydrogen-bond donors (Lipinski definition) is 0. The third kappa shape index (κ3) is 6.05. The van der Waals surface area contributed by atoms with E-state index >= 15 is 0 Å². The second-order valence-corrected chi connectivity index (χ2v) is 53.2. The predicted octanol–water partition coefficient (Wildman–Crippen LogP) is 37.9. The van der Waals surface area contributed by atoms with Gasteiger partial charge in [-0.2, -0.15) is 0 Å². The van der Waals surface area contributed by atoms with Crippen LogP contribution in [0.2, 0.25) is 0 Å². The SMILES string of the molecule is CCCCCCCCc1cc(C#Cc2ccc(C(=C(c3ccc(SC)s3)c3ccc(SC)s3)c3ccc(SC)s3)s2)sc1-c1ccc(-c2ccc(-c3sc(C4N(C)CC56c7c8c9c%10c%11c%12c(c%13c%14c5c5c7c7c%15c8c8c9c9c%11c%11c%16c%12c%12c%13c%13c%14c%14c5c5c7c7c%15c%15c8c8c9c%11c9c%11c%16c%12c%12c%13c%13c%14c5c5c7c7c%15c8c9c8c%11c%12c%13c5c78)C%1046)cc3CCCCCCCC)s2)s1. The van der Waals surface area contributed by atoms with Gasteiger partial charge in [-0.05, 0) is 473 Å². The molecule has 9 heterocycles. The zero-order valence-electron chi connectivity index (χ0n) is 71.2. The van der Waals surface area contributed by atoms with Crippen molar-refractivity contribution in [3.8, 4) is 41.1 Å². The molecule has 5 aliphatic rings. The molecule has 1 unspecified atom stereocenters. The highest BCUT2D eigenvalue weighted by atomic mass is 32.2. The first kappa shape index (κ1) is 67.5. The maximum Gasteiger partial charge on any atom is 0.0782 e. The summed E-state index contributed by atoms with van der Waals surface area (Å²) in [6, 6.07) is 34.2. The lowest BCUT2D eigenvalue weighted by Crippen LogP contribution is -2.51. The van der Waals surface area contributed by atoms with Gasteiger partial charge in [0.15, 0.2) is 0 Å². The van der Waals surface area contributed by atoms with Crippen molar-refractivity contribution in [2.24, 2.45) is 0 Å². The van der Waals surface area contributed by atoms with Gasteiger partial charge in [0.25, 0.3) is 0 Å². The van der Waals surface area contributed by atoms with Crippen LogP contribution in [0.1, 0.15) is 164 Å². The molecule has 130 heavy (non-hydrogen) atoms. The molecule has 0 saturated carbocycles. The Bertz CT molecular complexity index is 10800. The summed E-state index contributed by atoms with van der Waals surface area (Å²) >= 11 is 21.4. The quantitative estimate of drug-likeness (QED) is 0.0243. The summed E-state index contributed by atoms with van der Waals surface area (Å²) in [5.74, 6) is 7.65. The van der Waals surface area contributed by atoms with Crippen LogP contribution in [0, 0.1) is 11.8 Å². The Hall–Kier alpha value is -9.63. The van der Waals surface area contributed by atoms with E-state index in [0.29, 0.717) is 0 Å². The molecule has 36 aromatic rings. The number of thiophene rings is 8. The molecular formula is C118H63NS11. The highest BCUT2D eigenvalue weighted by Crippen LogP contribution is 2.88. The number of hydrogen-bond acceptors (Lipinski definition) is 12. The van der Waals surface area contributed by atoms with Gasteiger partial charge in [0.05, 0.1) is 39.3 Å². The van der Waals surface area contributed by atoms with Crippen LogP contribution in [0.4, 0.5) is 0 Å². The van der Waals surface area contributed by atoms with E-state index in [1.165, 1.54) is 155 Å². The minimum Gasteiger partial charge on any atom is -0.296 e. The summed E-state index contributed by atoms with van der Waals surface area (Å²) in [5, 5.41) is 90.6. The fourth-order valence-corrected chi connectivity index (χ4v) is 44.6. The molecule has 0 amide bonds. The standard InChI is InChI=1S/C118H63NS11/c1-7-9-11-13-15-17-19-38-35-41(22-21-40-23-24-44(123-40)54(45-29-32-51(120-4)127-45)55(46-30-33-52(121-5)128-46)47-31-34-53(122-6)129-47)124-114(38)48-27-25-42(125-48)43-26-28-49(126-43)115-39(20-18-16-14-12-10-8-2)36-50(130-115)116-118-112-106-100-90-78-70-62-58-56-57-60-64(62)72(78)82-76-68(60)69-61(57)65-63-59(56)67-66(58)74-80(70)88-94-84(74)85-75(67)81-71(63)79-73(65)83-77(69)87-86(76)98(92(82)100)108(112)109-99(87)93(83)101-91(79)97-89(81)95(85)103-102(94)110(104(106)96(88)90)117(118,37-119(116)3)111(103)105(97)107(101)113(109)118/h23-36,116H,7-20,37H2,1-6H3. The molecule has 12 heteroatoms. The summed E-state index contributed by atoms with van der Waals surface area (Å²) in [6.07, 6.45) is 24.3. The molecule has 4 aliphatic carbocycles. The lowest BCUT2D eigenvalue weighted by Gasteiger charge is -2.52. The number of rotatable bonds is 25. The summed E-state index contributed by atoms with van der Waals surface area (Å²) < 4.78 is 4.01. The number of likely N-dealkylation sites (N-methyl/N-ethyl adjacent to an activating group) is 1. The normalized spacial score (nSPS) is 18.3. The lowest BCUT2D eigenvalue weighted by molar-refractivity contribution is 0.276. The maximum absolute atomic E-state index is 3.84. The van der Waals surface area contributed by atoms with Crippen LogP contribution < -0.4 is 0 Å². The second kappa shape index (κ2) is 20.7.